The van der Waals surface area contributed by atoms with Crippen molar-refractivity contribution in [1.82, 2.24) is 0 Å². The molecule has 0 spiro atoms. The van der Waals surface area contributed by atoms with Gasteiger partial charge in [0.1, 0.15) is 11.6 Å². The van der Waals surface area contributed by atoms with Gasteiger partial charge in [0.05, 0.1) is 7.11 Å². The van der Waals surface area contributed by atoms with Gasteiger partial charge < -0.3 is 10.5 Å². The van der Waals surface area contributed by atoms with Gasteiger partial charge in [-0.1, -0.05) is 19.9 Å². The summed E-state index contributed by atoms with van der Waals surface area (Å²) >= 11 is 0. The van der Waals surface area contributed by atoms with Crippen LogP contribution in [0.5, 0.6) is 5.75 Å². The molecule has 0 aliphatic rings. The van der Waals surface area contributed by atoms with Gasteiger partial charge >= 0.3 is 0 Å². The molecule has 2 unspecified atom stereocenters. The lowest BCUT2D eigenvalue weighted by Crippen LogP contribution is -2.26. The van der Waals surface area contributed by atoms with E-state index in [1.54, 1.807) is 19.2 Å². The molecule has 2 atom stereocenters. The van der Waals surface area contributed by atoms with Crippen LogP contribution in [0.1, 0.15) is 31.7 Å². The van der Waals surface area contributed by atoms with Gasteiger partial charge in [0.2, 0.25) is 0 Å². The topological polar surface area (TPSA) is 35.2 Å². The van der Waals surface area contributed by atoms with Gasteiger partial charge in [0.25, 0.3) is 0 Å². The Morgan fingerprint density at radius 2 is 2.13 bits per heavy atom. The average molecular weight is 211 g/mol. The van der Waals surface area contributed by atoms with Gasteiger partial charge in [-0.25, -0.2) is 4.39 Å². The molecule has 1 aromatic rings. The normalized spacial score (nSPS) is 14.7. The molecule has 15 heavy (non-hydrogen) atoms. The first-order valence-corrected chi connectivity index (χ1v) is 5.19. The molecule has 1 rings (SSSR count). The lowest BCUT2D eigenvalue weighted by molar-refractivity contribution is 0.393. The second kappa shape index (κ2) is 5.12. The second-order valence-corrected chi connectivity index (χ2v) is 3.72. The average Bonchev–Trinajstić information content (AvgIpc) is 2.26. The predicted molar refractivity (Wildman–Crippen MR) is 59.6 cm³/mol. The Hall–Kier alpha value is -1.09. The fraction of sp³-hybridized carbons (Fsp3) is 0.500. The van der Waals surface area contributed by atoms with E-state index in [2.05, 4.69) is 0 Å². The summed E-state index contributed by atoms with van der Waals surface area (Å²) in [4.78, 5) is 0. The summed E-state index contributed by atoms with van der Waals surface area (Å²) in [6.45, 7) is 3.92. The number of benzene rings is 1. The van der Waals surface area contributed by atoms with Crippen LogP contribution >= 0.6 is 0 Å². The van der Waals surface area contributed by atoms with E-state index in [-0.39, 0.29) is 17.8 Å². The third kappa shape index (κ3) is 2.48. The summed E-state index contributed by atoms with van der Waals surface area (Å²) in [5.41, 5.74) is 6.50. The maximum atomic E-state index is 13.6. The summed E-state index contributed by atoms with van der Waals surface area (Å²) in [6.07, 6.45) is 0.818. The van der Waals surface area contributed by atoms with Crippen molar-refractivity contribution in [2.24, 2.45) is 5.73 Å². The molecule has 1 aromatic carbocycles. The van der Waals surface area contributed by atoms with Gasteiger partial charge in [-0.2, -0.15) is 0 Å². The van der Waals surface area contributed by atoms with E-state index >= 15 is 0 Å². The van der Waals surface area contributed by atoms with E-state index < -0.39 is 0 Å². The molecule has 0 aliphatic heterocycles. The molecule has 84 valence electrons. The number of halogens is 1. The fourth-order valence-electron chi connectivity index (χ4n) is 1.70. The Labute approximate surface area is 90.2 Å². The summed E-state index contributed by atoms with van der Waals surface area (Å²) in [7, 11) is 1.54. The van der Waals surface area contributed by atoms with E-state index in [0.29, 0.717) is 11.3 Å². The van der Waals surface area contributed by atoms with Crippen molar-refractivity contribution >= 4 is 0 Å². The molecule has 0 fully saturated rings. The van der Waals surface area contributed by atoms with E-state index in [1.807, 2.05) is 13.8 Å². The molecule has 0 aromatic heterocycles. The van der Waals surface area contributed by atoms with Crippen molar-refractivity contribution in [1.29, 1.82) is 0 Å². The van der Waals surface area contributed by atoms with Gasteiger partial charge in [-0.05, 0) is 18.6 Å². The SMILES string of the molecule is CCC(N)C(C)c1c(F)cccc1OC. The van der Waals surface area contributed by atoms with Crippen molar-refractivity contribution in [3.8, 4) is 5.75 Å². The van der Waals surface area contributed by atoms with Gasteiger partial charge in [0, 0.05) is 17.5 Å². The molecule has 0 amide bonds. The zero-order valence-electron chi connectivity index (χ0n) is 9.46. The summed E-state index contributed by atoms with van der Waals surface area (Å²) in [5, 5.41) is 0. The van der Waals surface area contributed by atoms with E-state index in [4.69, 9.17) is 10.5 Å². The van der Waals surface area contributed by atoms with E-state index in [1.165, 1.54) is 6.07 Å². The lowest BCUT2D eigenvalue weighted by Gasteiger charge is -2.21. The minimum atomic E-state index is -0.245. The standard InChI is InChI=1S/C12H18FNO/c1-4-10(14)8(2)12-9(13)6-5-7-11(12)15-3/h5-8,10H,4,14H2,1-3H3. The lowest BCUT2D eigenvalue weighted by atomic mass is 9.91. The molecule has 0 saturated heterocycles. The number of hydrogen-bond acceptors (Lipinski definition) is 2. The van der Waals surface area contributed by atoms with Crippen LogP contribution in [0.2, 0.25) is 0 Å². The molecule has 0 saturated carbocycles. The summed E-state index contributed by atoms with van der Waals surface area (Å²) in [5.74, 6) is 0.295. The second-order valence-electron chi connectivity index (χ2n) is 3.72. The molecule has 0 heterocycles. The van der Waals surface area contributed by atoms with E-state index in [0.717, 1.165) is 6.42 Å². The van der Waals surface area contributed by atoms with Crippen LogP contribution < -0.4 is 10.5 Å². The number of nitrogens with two attached hydrogens (primary N) is 1. The van der Waals surface area contributed by atoms with Crippen LogP contribution in [0, 0.1) is 5.82 Å². The fourth-order valence-corrected chi connectivity index (χ4v) is 1.70. The smallest absolute Gasteiger partial charge is 0.130 e. The number of methoxy groups -OCH3 is 1. The Balaban J connectivity index is 3.10. The monoisotopic (exact) mass is 211 g/mol. The van der Waals surface area contributed by atoms with Crippen LogP contribution in [-0.4, -0.2) is 13.2 Å². The highest BCUT2D eigenvalue weighted by Gasteiger charge is 2.20. The zero-order chi connectivity index (χ0) is 11.4. The first-order chi connectivity index (χ1) is 7.11. The van der Waals surface area contributed by atoms with Gasteiger partial charge in [-0.15, -0.1) is 0 Å². The molecule has 2 N–H and O–H groups in total. The van der Waals surface area contributed by atoms with Crippen molar-refractivity contribution in [2.75, 3.05) is 7.11 Å². The third-order valence-corrected chi connectivity index (χ3v) is 2.80. The molecule has 2 nitrogen and oxygen atoms in total. The number of ether oxygens (including phenoxy) is 1. The van der Waals surface area contributed by atoms with Crippen molar-refractivity contribution in [3.05, 3.63) is 29.6 Å². The van der Waals surface area contributed by atoms with Gasteiger partial charge in [0.15, 0.2) is 0 Å². The van der Waals surface area contributed by atoms with Crippen molar-refractivity contribution in [2.45, 2.75) is 32.2 Å². The highest BCUT2D eigenvalue weighted by molar-refractivity contribution is 5.38. The predicted octanol–water partition coefficient (Wildman–Crippen LogP) is 2.68. The molecular weight excluding hydrogens is 193 g/mol. The zero-order valence-corrected chi connectivity index (χ0v) is 9.46. The first-order valence-electron chi connectivity index (χ1n) is 5.19. The molecule has 3 heteroatoms. The van der Waals surface area contributed by atoms with Crippen LogP contribution in [-0.2, 0) is 0 Å². The molecule has 0 radical (unpaired) electrons. The van der Waals surface area contributed by atoms with Gasteiger partial charge in [-0.3, -0.25) is 0 Å². The van der Waals surface area contributed by atoms with Crippen LogP contribution in [0.4, 0.5) is 4.39 Å². The largest absolute Gasteiger partial charge is 0.496 e. The Bertz CT molecular complexity index is 327. The summed E-state index contributed by atoms with van der Waals surface area (Å²) in [6, 6.07) is 4.80. The molecule has 0 aliphatic carbocycles. The number of hydrogen-bond donors (Lipinski definition) is 1. The Kier molecular flexibility index (Phi) is 4.09. The third-order valence-electron chi connectivity index (χ3n) is 2.80. The van der Waals surface area contributed by atoms with Crippen LogP contribution in [0.15, 0.2) is 18.2 Å². The Morgan fingerprint density at radius 1 is 1.47 bits per heavy atom. The van der Waals surface area contributed by atoms with Crippen molar-refractivity contribution in [3.63, 3.8) is 0 Å². The molecule has 0 bridgehead atoms. The minimum Gasteiger partial charge on any atom is -0.496 e. The van der Waals surface area contributed by atoms with Crippen LogP contribution in [0.25, 0.3) is 0 Å². The first kappa shape index (κ1) is 12.0. The quantitative estimate of drug-likeness (QED) is 0.831. The van der Waals surface area contributed by atoms with Crippen molar-refractivity contribution < 1.29 is 9.13 Å². The molecular formula is C12H18FNO. The highest BCUT2D eigenvalue weighted by Crippen LogP contribution is 2.31. The minimum absolute atomic E-state index is 0.0360. The number of rotatable bonds is 4. The maximum Gasteiger partial charge on any atom is 0.130 e. The Morgan fingerprint density at radius 3 is 2.67 bits per heavy atom. The maximum absolute atomic E-state index is 13.6. The van der Waals surface area contributed by atoms with E-state index in [9.17, 15) is 4.39 Å². The highest BCUT2D eigenvalue weighted by atomic mass is 19.1. The summed E-state index contributed by atoms with van der Waals surface area (Å²) < 4.78 is 18.8. The van der Waals surface area contributed by atoms with Crippen LogP contribution in [0.3, 0.4) is 0 Å².